The normalized spacial score (nSPS) is 11.1. The lowest BCUT2D eigenvalue weighted by Crippen LogP contribution is -2.05. The van der Waals surface area contributed by atoms with Crippen LogP contribution in [0.25, 0.3) is 11.3 Å². The molecular formula is C14H15BrF2N2O. The van der Waals surface area contributed by atoms with E-state index in [0.717, 1.165) is 17.8 Å². The van der Waals surface area contributed by atoms with Crippen LogP contribution in [0.4, 0.5) is 8.78 Å². The molecule has 0 radical (unpaired) electrons. The van der Waals surface area contributed by atoms with Crippen molar-refractivity contribution in [2.75, 3.05) is 0 Å². The van der Waals surface area contributed by atoms with E-state index >= 15 is 0 Å². The molecule has 0 aliphatic heterocycles. The van der Waals surface area contributed by atoms with Crippen LogP contribution in [0.3, 0.4) is 0 Å². The Morgan fingerprint density at radius 2 is 2.05 bits per heavy atom. The maximum absolute atomic E-state index is 12.5. The second-order valence-electron chi connectivity index (χ2n) is 4.21. The Hall–Kier alpha value is -1.43. The van der Waals surface area contributed by atoms with Crippen LogP contribution in [0.15, 0.2) is 28.7 Å². The second kappa shape index (κ2) is 6.35. The quantitative estimate of drug-likeness (QED) is 0.798. The third kappa shape index (κ3) is 3.17. The fourth-order valence-electron chi connectivity index (χ4n) is 2.00. The SMILES string of the molecule is CCc1cc(-c2ccc(Br)cc2OC(F)F)n(CC)n1. The highest BCUT2D eigenvalue weighted by molar-refractivity contribution is 9.10. The Balaban J connectivity index is 2.53. The molecule has 0 bridgehead atoms. The van der Waals surface area contributed by atoms with Crippen molar-refractivity contribution in [2.24, 2.45) is 0 Å². The fraction of sp³-hybridized carbons (Fsp3) is 0.357. The molecule has 1 aromatic heterocycles. The van der Waals surface area contributed by atoms with E-state index in [0.29, 0.717) is 16.6 Å². The summed E-state index contributed by atoms with van der Waals surface area (Å²) in [6, 6.07) is 7.00. The predicted octanol–water partition coefficient (Wildman–Crippen LogP) is 4.50. The van der Waals surface area contributed by atoms with Crippen LogP contribution < -0.4 is 4.74 Å². The number of hydrogen-bond donors (Lipinski definition) is 0. The summed E-state index contributed by atoms with van der Waals surface area (Å²) in [5.74, 6) is 0.145. The smallest absolute Gasteiger partial charge is 0.387 e. The summed E-state index contributed by atoms with van der Waals surface area (Å²) < 4.78 is 32.2. The molecule has 0 saturated carbocycles. The molecule has 0 atom stereocenters. The van der Waals surface area contributed by atoms with E-state index in [9.17, 15) is 8.78 Å². The van der Waals surface area contributed by atoms with Crippen molar-refractivity contribution in [3.63, 3.8) is 0 Å². The minimum Gasteiger partial charge on any atom is -0.434 e. The van der Waals surface area contributed by atoms with Gasteiger partial charge in [0.2, 0.25) is 0 Å². The molecule has 20 heavy (non-hydrogen) atoms. The lowest BCUT2D eigenvalue weighted by atomic mass is 10.1. The van der Waals surface area contributed by atoms with Gasteiger partial charge >= 0.3 is 6.61 Å². The molecule has 0 unspecified atom stereocenters. The highest BCUT2D eigenvalue weighted by Crippen LogP contribution is 2.34. The first-order valence-corrected chi connectivity index (χ1v) is 7.15. The first-order valence-electron chi connectivity index (χ1n) is 6.36. The van der Waals surface area contributed by atoms with Crippen molar-refractivity contribution in [1.82, 2.24) is 9.78 Å². The van der Waals surface area contributed by atoms with Gasteiger partial charge in [-0.25, -0.2) is 0 Å². The van der Waals surface area contributed by atoms with Crippen molar-refractivity contribution in [3.05, 3.63) is 34.4 Å². The van der Waals surface area contributed by atoms with Crippen LogP contribution in [-0.4, -0.2) is 16.4 Å². The van der Waals surface area contributed by atoms with Gasteiger partial charge in [0.1, 0.15) is 5.75 Å². The molecule has 2 rings (SSSR count). The summed E-state index contributed by atoms with van der Waals surface area (Å²) in [7, 11) is 0. The third-order valence-electron chi connectivity index (χ3n) is 2.93. The van der Waals surface area contributed by atoms with Gasteiger partial charge < -0.3 is 4.74 Å². The summed E-state index contributed by atoms with van der Waals surface area (Å²) >= 11 is 3.27. The molecule has 1 heterocycles. The van der Waals surface area contributed by atoms with Gasteiger partial charge in [0.25, 0.3) is 0 Å². The standard InChI is InChI=1S/C14H15BrF2N2O/c1-3-10-8-12(19(4-2)18-10)11-6-5-9(15)7-13(11)20-14(16)17/h5-8,14H,3-4H2,1-2H3. The minimum absolute atomic E-state index is 0.145. The monoisotopic (exact) mass is 344 g/mol. The number of rotatable bonds is 5. The lowest BCUT2D eigenvalue weighted by molar-refractivity contribution is -0.0495. The Morgan fingerprint density at radius 1 is 1.30 bits per heavy atom. The molecular weight excluding hydrogens is 330 g/mol. The summed E-state index contributed by atoms with van der Waals surface area (Å²) in [6.45, 7) is 1.78. The van der Waals surface area contributed by atoms with E-state index in [1.165, 1.54) is 0 Å². The molecule has 1 aromatic carbocycles. The Kier molecular flexibility index (Phi) is 4.75. The van der Waals surface area contributed by atoms with Crippen molar-refractivity contribution in [3.8, 4) is 17.0 Å². The Bertz CT molecular complexity index is 599. The molecule has 0 amide bonds. The number of aromatic nitrogens is 2. The number of ether oxygens (including phenoxy) is 1. The first-order chi connectivity index (χ1) is 9.55. The minimum atomic E-state index is -2.85. The summed E-state index contributed by atoms with van der Waals surface area (Å²) in [5.41, 5.74) is 2.32. The summed E-state index contributed by atoms with van der Waals surface area (Å²) in [5, 5.41) is 4.43. The summed E-state index contributed by atoms with van der Waals surface area (Å²) in [4.78, 5) is 0. The molecule has 0 fully saturated rings. The highest BCUT2D eigenvalue weighted by atomic mass is 79.9. The third-order valence-corrected chi connectivity index (χ3v) is 3.42. The van der Waals surface area contributed by atoms with Gasteiger partial charge in [0, 0.05) is 16.6 Å². The maximum Gasteiger partial charge on any atom is 0.387 e. The van der Waals surface area contributed by atoms with E-state index in [4.69, 9.17) is 0 Å². The van der Waals surface area contributed by atoms with Gasteiger partial charge in [0.15, 0.2) is 0 Å². The molecule has 0 spiro atoms. The van der Waals surface area contributed by atoms with Crippen LogP contribution in [0.2, 0.25) is 0 Å². The van der Waals surface area contributed by atoms with Gasteiger partial charge in [-0.05, 0) is 37.6 Å². The molecule has 0 saturated heterocycles. The van der Waals surface area contributed by atoms with Gasteiger partial charge in [0.05, 0.1) is 11.4 Å². The Morgan fingerprint density at radius 3 is 2.65 bits per heavy atom. The van der Waals surface area contributed by atoms with E-state index < -0.39 is 6.61 Å². The zero-order valence-electron chi connectivity index (χ0n) is 11.2. The van der Waals surface area contributed by atoms with Crippen LogP contribution in [-0.2, 0) is 13.0 Å². The average Bonchev–Trinajstić information content (AvgIpc) is 2.81. The van der Waals surface area contributed by atoms with E-state index in [-0.39, 0.29) is 5.75 Å². The molecule has 3 nitrogen and oxygen atoms in total. The predicted molar refractivity (Wildman–Crippen MR) is 77.0 cm³/mol. The molecule has 108 valence electrons. The number of benzene rings is 1. The molecule has 6 heteroatoms. The van der Waals surface area contributed by atoms with Crippen molar-refractivity contribution >= 4 is 15.9 Å². The number of aryl methyl sites for hydroxylation is 2. The van der Waals surface area contributed by atoms with Gasteiger partial charge in [-0.2, -0.15) is 13.9 Å². The second-order valence-corrected chi connectivity index (χ2v) is 5.12. The molecule has 0 aliphatic rings. The van der Waals surface area contributed by atoms with E-state index in [1.54, 1.807) is 22.9 Å². The van der Waals surface area contributed by atoms with E-state index in [2.05, 4.69) is 25.8 Å². The number of nitrogens with zero attached hydrogens (tertiary/aromatic N) is 2. The van der Waals surface area contributed by atoms with Crippen molar-refractivity contribution < 1.29 is 13.5 Å². The van der Waals surface area contributed by atoms with Crippen molar-refractivity contribution in [1.29, 1.82) is 0 Å². The largest absolute Gasteiger partial charge is 0.434 e. The van der Waals surface area contributed by atoms with Gasteiger partial charge in [-0.3, -0.25) is 4.68 Å². The van der Waals surface area contributed by atoms with Crippen molar-refractivity contribution in [2.45, 2.75) is 33.4 Å². The maximum atomic E-state index is 12.5. The zero-order valence-corrected chi connectivity index (χ0v) is 12.8. The Labute approximate surface area is 124 Å². The molecule has 0 N–H and O–H groups in total. The number of hydrogen-bond acceptors (Lipinski definition) is 2. The number of halogens is 3. The number of alkyl halides is 2. The fourth-order valence-corrected chi connectivity index (χ4v) is 2.34. The van der Waals surface area contributed by atoms with Crippen LogP contribution in [0.5, 0.6) is 5.75 Å². The summed E-state index contributed by atoms with van der Waals surface area (Å²) in [6.07, 6.45) is 0.793. The molecule has 2 aromatic rings. The van der Waals surface area contributed by atoms with E-state index in [1.807, 2.05) is 19.9 Å². The zero-order chi connectivity index (χ0) is 14.7. The highest BCUT2D eigenvalue weighted by Gasteiger charge is 2.16. The van der Waals surface area contributed by atoms with Crippen LogP contribution in [0.1, 0.15) is 19.5 Å². The first kappa shape index (κ1) is 15.0. The van der Waals surface area contributed by atoms with Crippen LogP contribution in [0, 0.1) is 0 Å². The van der Waals surface area contributed by atoms with Gasteiger partial charge in [-0.1, -0.05) is 22.9 Å². The lowest BCUT2D eigenvalue weighted by Gasteiger charge is -2.12. The topological polar surface area (TPSA) is 27.1 Å². The average molecular weight is 345 g/mol. The van der Waals surface area contributed by atoms with Crippen LogP contribution >= 0.6 is 15.9 Å². The molecule has 0 aliphatic carbocycles. The van der Waals surface area contributed by atoms with Gasteiger partial charge in [-0.15, -0.1) is 0 Å².